The maximum absolute atomic E-state index is 12.6. The number of hydrogen-bond acceptors (Lipinski definition) is 2. The average molecular weight is 349 g/mol. The van der Waals surface area contributed by atoms with Crippen LogP contribution in [0.15, 0.2) is 53.3 Å². The number of piperidine rings is 1. The number of amides is 1. The number of aromatic amines is 2. The summed E-state index contributed by atoms with van der Waals surface area (Å²) in [6, 6.07) is 16.2. The number of aromatic nitrogens is 2. The number of hydrogen-bond donors (Lipinski definition) is 2. The predicted molar refractivity (Wildman–Crippen MR) is 102 cm³/mol. The lowest BCUT2D eigenvalue weighted by molar-refractivity contribution is -0.131. The Kier molecular flexibility index (Phi) is 4.61. The first-order valence-electron chi connectivity index (χ1n) is 9.20. The molecule has 2 aromatic carbocycles. The van der Waals surface area contributed by atoms with Gasteiger partial charge >= 0.3 is 5.69 Å². The van der Waals surface area contributed by atoms with Crippen LogP contribution in [0.1, 0.15) is 24.0 Å². The smallest absolute Gasteiger partial charge is 0.323 e. The van der Waals surface area contributed by atoms with Crippen molar-refractivity contribution in [3.63, 3.8) is 0 Å². The van der Waals surface area contributed by atoms with Crippen LogP contribution in [0.5, 0.6) is 0 Å². The Morgan fingerprint density at radius 2 is 1.69 bits per heavy atom. The summed E-state index contributed by atoms with van der Waals surface area (Å²) in [6.07, 6.45) is 3.60. The normalized spacial score (nSPS) is 15.5. The second-order valence-electron chi connectivity index (χ2n) is 7.15. The van der Waals surface area contributed by atoms with Crippen molar-refractivity contribution in [2.24, 2.45) is 5.92 Å². The zero-order valence-corrected chi connectivity index (χ0v) is 14.7. The van der Waals surface area contributed by atoms with Crippen molar-refractivity contribution >= 4 is 16.9 Å². The molecule has 0 bridgehead atoms. The summed E-state index contributed by atoms with van der Waals surface area (Å²) >= 11 is 0. The molecule has 2 N–H and O–H groups in total. The molecule has 0 saturated carbocycles. The standard InChI is InChI=1S/C21H23N3O2/c25-20(14-17-6-7-18-19(13-17)23-21(26)22-18)24-10-8-16(9-11-24)12-15-4-2-1-3-5-15/h1-7,13,16H,8-12,14H2,(H2,22,23,26). The number of H-pyrrole nitrogens is 2. The van der Waals surface area contributed by atoms with Crippen molar-refractivity contribution in [3.8, 4) is 0 Å². The summed E-state index contributed by atoms with van der Waals surface area (Å²) in [5.41, 5.74) is 3.62. The fraction of sp³-hybridized carbons (Fsp3) is 0.333. The molecule has 1 saturated heterocycles. The molecule has 1 fully saturated rings. The molecule has 134 valence electrons. The van der Waals surface area contributed by atoms with E-state index in [-0.39, 0.29) is 11.6 Å². The average Bonchev–Trinajstić information content (AvgIpc) is 3.02. The molecular formula is C21H23N3O2. The number of rotatable bonds is 4. The molecule has 0 unspecified atom stereocenters. The Morgan fingerprint density at radius 3 is 2.46 bits per heavy atom. The predicted octanol–water partition coefficient (Wildman–Crippen LogP) is 2.88. The van der Waals surface area contributed by atoms with Crippen LogP contribution in [0.2, 0.25) is 0 Å². The van der Waals surface area contributed by atoms with Gasteiger partial charge in [-0.2, -0.15) is 0 Å². The molecule has 5 nitrogen and oxygen atoms in total. The van der Waals surface area contributed by atoms with Crippen molar-refractivity contribution in [3.05, 3.63) is 70.1 Å². The van der Waals surface area contributed by atoms with Crippen molar-refractivity contribution < 1.29 is 4.79 Å². The maximum Gasteiger partial charge on any atom is 0.323 e. The van der Waals surface area contributed by atoms with Crippen LogP contribution in [-0.4, -0.2) is 33.9 Å². The van der Waals surface area contributed by atoms with Gasteiger partial charge in [0.1, 0.15) is 0 Å². The van der Waals surface area contributed by atoms with E-state index in [1.165, 1.54) is 5.56 Å². The molecule has 1 aliphatic heterocycles. The molecule has 1 amide bonds. The van der Waals surface area contributed by atoms with Gasteiger partial charge in [0.05, 0.1) is 17.5 Å². The van der Waals surface area contributed by atoms with Crippen LogP contribution in [0.4, 0.5) is 0 Å². The molecule has 5 heteroatoms. The number of carbonyl (C=O) groups excluding carboxylic acids is 1. The first kappa shape index (κ1) is 16.6. The Hall–Kier alpha value is -2.82. The summed E-state index contributed by atoms with van der Waals surface area (Å²) < 4.78 is 0. The Bertz CT molecular complexity index is 950. The number of imidazole rings is 1. The first-order chi connectivity index (χ1) is 12.7. The quantitative estimate of drug-likeness (QED) is 0.760. The lowest BCUT2D eigenvalue weighted by Crippen LogP contribution is -2.39. The lowest BCUT2D eigenvalue weighted by Gasteiger charge is -2.32. The van der Waals surface area contributed by atoms with Gasteiger partial charge in [-0.05, 0) is 48.4 Å². The Labute approximate surface area is 152 Å². The minimum Gasteiger partial charge on any atom is -0.342 e. The molecular weight excluding hydrogens is 326 g/mol. The Balaban J connectivity index is 1.33. The van der Waals surface area contributed by atoms with Crippen LogP contribution in [0.25, 0.3) is 11.0 Å². The van der Waals surface area contributed by atoms with E-state index in [0.29, 0.717) is 12.3 Å². The van der Waals surface area contributed by atoms with Crippen LogP contribution in [-0.2, 0) is 17.6 Å². The van der Waals surface area contributed by atoms with E-state index in [9.17, 15) is 9.59 Å². The molecule has 0 atom stereocenters. The van der Waals surface area contributed by atoms with E-state index in [4.69, 9.17) is 0 Å². The van der Waals surface area contributed by atoms with E-state index in [1.807, 2.05) is 29.2 Å². The van der Waals surface area contributed by atoms with Gasteiger partial charge in [0, 0.05) is 13.1 Å². The summed E-state index contributed by atoms with van der Waals surface area (Å²) in [6.45, 7) is 1.67. The third-order valence-electron chi connectivity index (χ3n) is 5.27. The van der Waals surface area contributed by atoms with E-state index in [0.717, 1.165) is 48.9 Å². The van der Waals surface area contributed by atoms with E-state index >= 15 is 0 Å². The van der Waals surface area contributed by atoms with Crippen LogP contribution in [0.3, 0.4) is 0 Å². The highest BCUT2D eigenvalue weighted by Crippen LogP contribution is 2.22. The number of carbonyl (C=O) groups is 1. The number of fused-ring (bicyclic) bond motifs is 1. The highest BCUT2D eigenvalue weighted by Gasteiger charge is 2.23. The SMILES string of the molecule is O=C(Cc1ccc2[nH]c(=O)[nH]c2c1)N1CCC(Cc2ccccc2)CC1. The minimum absolute atomic E-state index is 0.167. The Morgan fingerprint density at radius 1 is 0.962 bits per heavy atom. The number of nitrogens with zero attached hydrogens (tertiary/aromatic N) is 1. The largest absolute Gasteiger partial charge is 0.342 e. The van der Waals surface area contributed by atoms with Gasteiger partial charge in [-0.25, -0.2) is 4.79 Å². The van der Waals surface area contributed by atoms with Gasteiger partial charge in [-0.1, -0.05) is 36.4 Å². The molecule has 2 heterocycles. The lowest BCUT2D eigenvalue weighted by atomic mass is 9.90. The second kappa shape index (κ2) is 7.20. The van der Waals surface area contributed by atoms with Crippen LogP contribution in [0, 0.1) is 5.92 Å². The number of likely N-dealkylation sites (tertiary alicyclic amines) is 1. The van der Waals surface area contributed by atoms with Crippen molar-refractivity contribution in [2.45, 2.75) is 25.7 Å². The highest BCUT2D eigenvalue weighted by molar-refractivity contribution is 5.81. The first-order valence-corrected chi connectivity index (χ1v) is 9.20. The van der Waals surface area contributed by atoms with Gasteiger partial charge in [0.2, 0.25) is 5.91 Å². The van der Waals surface area contributed by atoms with Crippen molar-refractivity contribution in [1.29, 1.82) is 0 Å². The van der Waals surface area contributed by atoms with Gasteiger partial charge in [0.25, 0.3) is 0 Å². The molecule has 4 rings (SSSR count). The van der Waals surface area contributed by atoms with Crippen molar-refractivity contribution in [1.82, 2.24) is 14.9 Å². The van der Waals surface area contributed by atoms with Gasteiger partial charge in [0.15, 0.2) is 0 Å². The molecule has 0 radical (unpaired) electrons. The highest BCUT2D eigenvalue weighted by atomic mass is 16.2. The summed E-state index contributed by atoms with van der Waals surface area (Å²) in [5.74, 6) is 0.822. The van der Waals surface area contributed by atoms with E-state index < -0.39 is 0 Å². The van der Waals surface area contributed by atoms with Crippen molar-refractivity contribution in [2.75, 3.05) is 13.1 Å². The van der Waals surface area contributed by atoms with Gasteiger partial charge in [-0.3, -0.25) is 4.79 Å². The summed E-state index contributed by atoms with van der Waals surface area (Å²) in [7, 11) is 0. The molecule has 0 spiro atoms. The van der Waals surface area contributed by atoms with Crippen LogP contribution < -0.4 is 5.69 Å². The summed E-state index contributed by atoms with van der Waals surface area (Å²) in [5, 5.41) is 0. The van der Waals surface area contributed by atoms with Gasteiger partial charge < -0.3 is 14.9 Å². The van der Waals surface area contributed by atoms with Crippen LogP contribution >= 0.6 is 0 Å². The number of nitrogens with one attached hydrogen (secondary N) is 2. The fourth-order valence-electron chi connectivity index (χ4n) is 3.81. The zero-order valence-electron chi connectivity index (χ0n) is 14.7. The minimum atomic E-state index is -0.219. The van der Waals surface area contributed by atoms with Gasteiger partial charge in [-0.15, -0.1) is 0 Å². The molecule has 0 aliphatic carbocycles. The van der Waals surface area contributed by atoms with E-state index in [1.54, 1.807) is 0 Å². The molecule has 26 heavy (non-hydrogen) atoms. The molecule has 1 aliphatic rings. The second-order valence-corrected chi connectivity index (χ2v) is 7.15. The molecule has 3 aromatic rings. The zero-order chi connectivity index (χ0) is 17.9. The number of benzene rings is 2. The topological polar surface area (TPSA) is 69.0 Å². The monoisotopic (exact) mass is 349 g/mol. The van der Waals surface area contributed by atoms with E-state index in [2.05, 4.69) is 34.2 Å². The maximum atomic E-state index is 12.6. The fourth-order valence-corrected chi connectivity index (χ4v) is 3.81. The summed E-state index contributed by atoms with van der Waals surface area (Å²) in [4.78, 5) is 31.4. The molecule has 1 aromatic heterocycles. The third kappa shape index (κ3) is 3.72. The third-order valence-corrected chi connectivity index (χ3v) is 5.27.